The predicted octanol–water partition coefficient (Wildman–Crippen LogP) is 1.37. The molecule has 0 amide bonds. The zero-order chi connectivity index (χ0) is 14.1. The smallest absolute Gasteiger partial charge is 0.138 e. The number of hydrogen-bond acceptors (Lipinski definition) is 3. The van der Waals surface area contributed by atoms with Crippen molar-refractivity contribution < 1.29 is 14.6 Å². The Morgan fingerprint density at radius 3 is 2.74 bits per heavy atom. The van der Waals surface area contributed by atoms with E-state index < -0.39 is 0 Å². The zero-order valence-electron chi connectivity index (χ0n) is 11.2. The van der Waals surface area contributed by atoms with Crippen LogP contribution in [0.4, 0.5) is 4.39 Å². The molecule has 1 aromatic rings. The fourth-order valence-electron chi connectivity index (χ4n) is 1.80. The average molecular weight is 265 g/mol. The maximum absolute atomic E-state index is 13.5. The standard InChI is InChI=1S/C15H20FNO2/c1-2-17(8-4-10-19)12-13-6-7-15(16)14(11-13)5-3-9-18/h6-7,11,18-19H,2,4,8-10,12H2,1H3. The lowest BCUT2D eigenvalue weighted by atomic mass is 10.1. The van der Waals surface area contributed by atoms with Gasteiger partial charge < -0.3 is 10.2 Å². The highest BCUT2D eigenvalue weighted by atomic mass is 19.1. The minimum absolute atomic E-state index is 0.174. The van der Waals surface area contributed by atoms with Crippen LogP contribution < -0.4 is 0 Å². The fraction of sp³-hybridized carbons (Fsp3) is 0.467. The summed E-state index contributed by atoms with van der Waals surface area (Å²) in [6.07, 6.45) is 0.728. The van der Waals surface area contributed by atoms with Gasteiger partial charge in [-0.05, 0) is 30.7 Å². The van der Waals surface area contributed by atoms with Crippen molar-refractivity contribution in [3.8, 4) is 11.8 Å². The third kappa shape index (κ3) is 5.39. The molecular formula is C15H20FNO2. The fourth-order valence-corrected chi connectivity index (χ4v) is 1.80. The third-order valence-corrected chi connectivity index (χ3v) is 2.82. The van der Waals surface area contributed by atoms with Gasteiger partial charge in [-0.15, -0.1) is 0 Å². The summed E-state index contributed by atoms with van der Waals surface area (Å²) in [5, 5.41) is 17.5. The van der Waals surface area contributed by atoms with Crippen LogP contribution in [0.3, 0.4) is 0 Å². The molecule has 19 heavy (non-hydrogen) atoms. The molecule has 0 aliphatic carbocycles. The van der Waals surface area contributed by atoms with Crippen LogP contribution >= 0.6 is 0 Å². The third-order valence-electron chi connectivity index (χ3n) is 2.82. The van der Waals surface area contributed by atoms with E-state index in [-0.39, 0.29) is 19.0 Å². The highest BCUT2D eigenvalue weighted by Crippen LogP contribution is 2.12. The lowest BCUT2D eigenvalue weighted by molar-refractivity contribution is 0.225. The summed E-state index contributed by atoms with van der Waals surface area (Å²) in [7, 11) is 0. The minimum Gasteiger partial charge on any atom is -0.396 e. The maximum Gasteiger partial charge on any atom is 0.138 e. The molecule has 0 fully saturated rings. The first-order valence-electron chi connectivity index (χ1n) is 6.42. The van der Waals surface area contributed by atoms with Crippen molar-refractivity contribution in [1.82, 2.24) is 4.90 Å². The SMILES string of the molecule is CCN(CCCO)Cc1ccc(F)c(C#CCO)c1. The van der Waals surface area contributed by atoms with Gasteiger partial charge in [-0.25, -0.2) is 4.39 Å². The van der Waals surface area contributed by atoms with Gasteiger partial charge in [-0.2, -0.15) is 0 Å². The van der Waals surface area contributed by atoms with Gasteiger partial charge in [0.1, 0.15) is 12.4 Å². The summed E-state index contributed by atoms with van der Waals surface area (Å²) in [4.78, 5) is 2.17. The molecule has 1 aromatic carbocycles. The van der Waals surface area contributed by atoms with E-state index in [1.807, 2.05) is 6.92 Å². The minimum atomic E-state index is -0.372. The van der Waals surface area contributed by atoms with E-state index in [0.29, 0.717) is 12.1 Å². The van der Waals surface area contributed by atoms with Crippen LogP contribution in [0.15, 0.2) is 18.2 Å². The molecule has 2 N–H and O–H groups in total. The van der Waals surface area contributed by atoms with Gasteiger partial charge in [0.2, 0.25) is 0 Å². The lowest BCUT2D eigenvalue weighted by Crippen LogP contribution is -2.24. The molecule has 0 radical (unpaired) electrons. The Balaban J connectivity index is 2.77. The molecule has 0 atom stereocenters. The predicted molar refractivity (Wildman–Crippen MR) is 73.0 cm³/mol. The van der Waals surface area contributed by atoms with Crippen molar-refractivity contribution in [3.63, 3.8) is 0 Å². The number of hydrogen-bond donors (Lipinski definition) is 2. The summed E-state index contributed by atoms with van der Waals surface area (Å²) in [5.41, 5.74) is 1.29. The van der Waals surface area contributed by atoms with Crippen LogP contribution in [-0.4, -0.2) is 41.4 Å². The number of aliphatic hydroxyl groups excluding tert-OH is 2. The molecule has 0 saturated carbocycles. The Labute approximate surface area is 113 Å². The number of halogens is 1. The first kappa shape index (κ1) is 15.6. The molecule has 0 bridgehead atoms. The summed E-state index contributed by atoms with van der Waals surface area (Å²) in [6.45, 7) is 4.32. The second kappa shape index (κ2) is 8.65. The van der Waals surface area contributed by atoms with Gasteiger partial charge in [-0.1, -0.05) is 24.8 Å². The van der Waals surface area contributed by atoms with E-state index in [4.69, 9.17) is 10.2 Å². The van der Waals surface area contributed by atoms with Crippen LogP contribution in [0, 0.1) is 17.7 Å². The number of nitrogens with zero attached hydrogens (tertiary/aromatic N) is 1. The summed E-state index contributed by atoms with van der Waals surface area (Å²) < 4.78 is 13.5. The van der Waals surface area contributed by atoms with E-state index in [1.54, 1.807) is 12.1 Å². The molecule has 0 spiro atoms. The van der Waals surface area contributed by atoms with Crippen LogP contribution in [0.1, 0.15) is 24.5 Å². The van der Waals surface area contributed by atoms with Gasteiger partial charge in [0.05, 0.1) is 5.56 Å². The van der Waals surface area contributed by atoms with Crippen LogP contribution in [0.2, 0.25) is 0 Å². The Morgan fingerprint density at radius 1 is 1.32 bits per heavy atom. The van der Waals surface area contributed by atoms with Crippen molar-refractivity contribution in [1.29, 1.82) is 0 Å². The topological polar surface area (TPSA) is 43.7 Å². The van der Waals surface area contributed by atoms with E-state index in [0.717, 1.165) is 25.1 Å². The highest BCUT2D eigenvalue weighted by molar-refractivity contribution is 5.38. The monoisotopic (exact) mass is 265 g/mol. The number of benzene rings is 1. The van der Waals surface area contributed by atoms with Gasteiger partial charge in [-0.3, -0.25) is 4.90 Å². The van der Waals surface area contributed by atoms with E-state index in [2.05, 4.69) is 16.7 Å². The summed E-state index contributed by atoms with van der Waals surface area (Å²) in [6, 6.07) is 4.84. The van der Waals surface area contributed by atoms with Crippen LogP contribution in [-0.2, 0) is 6.54 Å². The van der Waals surface area contributed by atoms with Crippen molar-refractivity contribution in [3.05, 3.63) is 35.1 Å². The van der Waals surface area contributed by atoms with E-state index in [1.165, 1.54) is 6.07 Å². The summed E-state index contributed by atoms with van der Waals surface area (Å²) in [5.74, 6) is 4.68. The van der Waals surface area contributed by atoms with Crippen molar-refractivity contribution in [2.24, 2.45) is 0 Å². The van der Waals surface area contributed by atoms with Crippen molar-refractivity contribution in [2.45, 2.75) is 19.9 Å². The van der Waals surface area contributed by atoms with Gasteiger partial charge in [0, 0.05) is 19.7 Å². The van der Waals surface area contributed by atoms with Crippen molar-refractivity contribution in [2.75, 3.05) is 26.3 Å². The molecule has 0 unspecified atom stereocenters. The largest absolute Gasteiger partial charge is 0.396 e. The molecule has 0 heterocycles. The molecule has 104 valence electrons. The van der Waals surface area contributed by atoms with Gasteiger partial charge in [0.25, 0.3) is 0 Å². The molecule has 0 aliphatic heterocycles. The Kier molecular flexibility index (Phi) is 7.12. The first-order valence-corrected chi connectivity index (χ1v) is 6.42. The Bertz CT molecular complexity index is 451. The summed E-state index contributed by atoms with van der Waals surface area (Å²) >= 11 is 0. The highest BCUT2D eigenvalue weighted by Gasteiger charge is 2.06. The Morgan fingerprint density at radius 2 is 2.11 bits per heavy atom. The maximum atomic E-state index is 13.5. The Hall–Kier alpha value is -1.41. The van der Waals surface area contributed by atoms with E-state index >= 15 is 0 Å². The number of aliphatic hydroxyl groups is 2. The molecule has 0 saturated heterocycles. The second-order valence-corrected chi connectivity index (χ2v) is 4.22. The first-order chi connectivity index (χ1) is 9.21. The average Bonchev–Trinajstić information content (AvgIpc) is 2.43. The number of rotatable bonds is 6. The molecule has 4 heteroatoms. The quantitative estimate of drug-likeness (QED) is 0.764. The van der Waals surface area contributed by atoms with Gasteiger partial charge >= 0.3 is 0 Å². The lowest BCUT2D eigenvalue weighted by Gasteiger charge is -2.20. The van der Waals surface area contributed by atoms with Crippen molar-refractivity contribution >= 4 is 0 Å². The van der Waals surface area contributed by atoms with Crippen LogP contribution in [0.5, 0.6) is 0 Å². The zero-order valence-corrected chi connectivity index (χ0v) is 11.2. The van der Waals surface area contributed by atoms with E-state index in [9.17, 15) is 4.39 Å². The molecule has 1 rings (SSSR count). The van der Waals surface area contributed by atoms with Gasteiger partial charge in [0.15, 0.2) is 0 Å². The molecular weight excluding hydrogens is 245 g/mol. The molecule has 0 aromatic heterocycles. The van der Waals surface area contributed by atoms with Crippen LogP contribution in [0.25, 0.3) is 0 Å². The molecule has 0 aliphatic rings. The normalized spacial score (nSPS) is 10.4. The second-order valence-electron chi connectivity index (χ2n) is 4.22. The molecule has 3 nitrogen and oxygen atoms in total.